The summed E-state index contributed by atoms with van der Waals surface area (Å²) in [5.41, 5.74) is 10.9. The Kier molecular flexibility index (Phi) is 7.83. The lowest BCUT2D eigenvalue weighted by atomic mass is 9.95. The summed E-state index contributed by atoms with van der Waals surface area (Å²) in [5, 5.41) is 12.1. The van der Waals surface area contributed by atoms with Crippen LogP contribution in [-0.2, 0) is 25.5 Å². The normalized spacial score (nSPS) is 14.1. The van der Waals surface area contributed by atoms with E-state index in [-0.39, 0.29) is 18.9 Å². The van der Waals surface area contributed by atoms with Gasteiger partial charge in [0.1, 0.15) is 24.3 Å². The van der Waals surface area contributed by atoms with Gasteiger partial charge in [-0.15, -0.1) is 0 Å². The SMILES string of the molecule is CC(C)(C)OC(=O)NC(Cc1ccccc1C(N)C(=O)OCC1c2ccccc2-c2ccccc21)C(=O)O. The number of aliphatic carboxylic acids is 1. The fourth-order valence-corrected chi connectivity index (χ4v) is 4.71. The second kappa shape index (κ2) is 11.1. The molecule has 1 aliphatic rings. The highest BCUT2D eigenvalue weighted by molar-refractivity contribution is 5.82. The molecule has 1 aliphatic carbocycles. The summed E-state index contributed by atoms with van der Waals surface area (Å²) in [4.78, 5) is 37.1. The maximum atomic E-state index is 13.1. The molecule has 0 aromatic heterocycles. The summed E-state index contributed by atoms with van der Waals surface area (Å²) >= 11 is 0. The van der Waals surface area contributed by atoms with Crippen LogP contribution in [0, 0.1) is 0 Å². The molecule has 0 aliphatic heterocycles. The molecule has 0 saturated heterocycles. The molecular weight excluding hydrogens is 484 g/mol. The number of hydrogen-bond donors (Lipinski definition) is 3. The topological polar surface area (TPSA) is 128 Å². The van der Waals surface area contributed by atoms with Crippen molar-refractivity contribution in [3.05, 3.63) is 95.1 Å². The van der Waals surface area contributed by atoms with E-state index in [9.17, 15) is 19.5 Å². The standard InChI is InChI=1S/C30H32N2O6/c1-30(2,3)38-29(36)32-25(27(33)34)16-18-10-4-5-11-19(18)26(31)28(35)37-17-24-22-14-8-6-12-20(22)21-13-7-9-15-23(21)24/h4-15,24-26H,16-17,31H2,1-3H3,(H,32,36)(H,33,34). The van der Waals surface area contributed by atoms with E-state index in [1.54, 1.807) is 45.0 Å². The predicted molar refractivity (Wildman–Crippen MR) is 143 cm³/mol. The zero-order valence-corrected chi connectivity index (χ0v) is 21.6. The largest absolute Gasteiger partial charge is 0.480 e. The van der Waals surface area contributed by atoms with E-state index in [1.165, 1.54) is 0 Å². The maximum absolute atomic E-state index is 13.1. The van der Waals surface area contributed by atoms with Crippen molar-refractivity contribution in [1.29, 1.82) is 0 Å². The number of hydrogen-bond acceptors (Lipinski definition) is 6. The van der Waals surface area contributed by atoms with Crippen molar-refractivity contribution in [2.45, 2.75) is 50.8 Å². The number of rotatable bonds is 8. The molecule has 0 heterocycles. The van der Waals surface area contributed by atoms with Crippen LogP contribution >= 0.6 is 0 Å². The number of esters is 1. The van der Waals surface area contributed by atoms with Crippen molar-refractivity contribution in [3.63, 3.8) is 0 Å². The van der Waals surface area contributed by atoms with E-state index in [4.69, 9.17) is 15.2 Å². The van der Waals surface area contributed by atoms with E-state index in [1.807, 2.05) is 36.4 Å². The zero-order chi connectivity index (χ0) is 27.4. The van der Waals surface area contributed by atoms with Crippen LogP contribution in [-0.4, -0.2) is 41.4 Å². The number of carbonyl (C=O) groups excluding carboxylic acids is 2. The summed E-state index contributed by atoms with van der Waals surface area (Å²) < 4.78 is 10.9. The molecule has 0 fully saturated rings. The van der Waals surface area contributed by atoms with Crippen molar-refractivity contribution >= 4 is 18.0 Å². The Morgan fingerprint density at radius 3 is 2.05 bits per heavy atom. The molecule has 2 atom stereocenters. The average Bonchev–Trinajstić information content (AvgIpc) is 3.19. The summed E-state index contributed by atoms with van der Waals surface area (Å²) in [5.74, 6) is -1.96. The van der Waals surface area contributed by atoms with Gasteiger partial charge in [0, 0.05) is 12.3 Å². The molecule has 0 radical (unpaired) electrons. The second-order valence-corrected chi connectivity index (χ2v) is 10.3. The summed E-state index contributed by atoms with van der Waals surface area (Å²) in [6.07, 6.45) is -0.932. The minimum absolute atomic E-state index is 0.0882. The summed E-state index contributed by atoms with van der Waals surface area (Å²) in [6.45, 7) is 5.18. The van der Waals surface area contributed by atoms with Crippen LogP contribution in [0.4, 0.5) is 4.79 Å². The van der Waals surface area contributed by atoms with E-state index >= 15 is 0 Å². The molecule has 198 valence electrons. The molecule has 4 rings (SSSR count). The minimum Gasteiger partial charge on any atom is -0.480 e. The first-order chi connectivity index (χ1) is 18.0. The van der Waals surface area contributed by atoms with E-state index in [0.29, 0.717) is 11.1 Å². The smallest absolute Gasteiger partial charge is 0.408 e. The molecule has 0 bridgehead atoms. The van der Waals surface area contributed by atoms with Crippen LogP contribution < -0.4 is 11.1 Å². The Morgan fingerprint density at radius 2 is 1.47 bits per heavy atom. The Hall–Kier alpha value is -4.17. The van der Waals surface area contributed by atoms with Crippen LogP contribution in [0.1, 0.15) is 55.0 Å². The average molecular weight is 517 g/mol. The molecule has 8 nitrogen and oxygen atoms in total. The fraction of sp³-hybridized carbons (Fsp3) is 0.300. The summed E-state index contributed by atoms with van der Waals surface area (Å²) in [7, 11) is 0. The molecule has 2 unspecified atom stereocenters. The third-order valence-electron chi connectivity index (χ3n) is 6.41. The van der Waals surface area contributed by atoms with Gasteiger partial charge in [0.25, 0.3) is 0 Å². The predicted octanol–water partition coefficient (Wildman–Crippen LogP) is 4.56. The number of ether oxygens (including phenoxy) is 2. The van der Waals surface area contributed by atoms with Crippen LogP contribution in [0.3, 0.4) is 0 Å². The van der Waals surface area contributed by atoms with E-state index in [0.717, 1.165) is 22.3 Å². The molecule has 3 aromatic rings. The number of nitrogens with one attached hydrogen (secondary N) is 1. The van der Waals surface area contributed by atoms with Crippen LogP contribution in [0.15, 0.2) is 72.8 Å². The van der Waals surface area contributed by atoms with Crippen molar-refractivity contribution in [1.82, 2.24) is 5.32 Å². The van der Waals surface area contributed by atoms with Gasteiger partial charge in [-0.05, 0) is 54.2 Å². The number of fused-ring (bicyclic) bond motifs is 3. The van der Waals surface area contributed by atoms with Crippen molar-refractivity contribution in [3.8, 4) is 11.1 Å². The van der Waals surface area contributed by atoms with Crippen molar-refractivity contribution in [2.75, 3.05) is 6.61 Å². The first-order valence-electron chi connectivity index (χ1n) is 12.5. The number of carboxylic acid groups (broad SMARTS) is 1. The number of benzene rings is 3. The van der Waals surface area contributed by atoms with Crippen molar-refractivity contribution in [2.24, 2.45) is 5.73 Å². The fourth-order valence-electron chi connectivity index (χ4n) is 4.71. The lowest BCUT2D eigenvalue weighted by molar-refractivity contribution is -0.145. The van der Waals surface area contributed by atoms with Gasteiger partial charge in [0.2, 0.25) is 0 Å². The highest BCUT2D eigenvalue weighted by Crippen LogP contribution is 2.44. The van der Waals surface area contributed by atoms with E-state index in [2.05, 4.69) is 17.4 Å². The van der Waals surface area contributed by atoms with Gasteiger partial charge in [-0.25, -0.2) is 14.4 Å². The van der Waals surface area contributed by atoms with Gasteiger partial charge in [0.15, 0.2) is 0 Å². The van der Waals surface area contributed by atoms with Crippen LogP contribution in [0.2, 0.25) is 0 Å². The molecule has 4 N–H and O–H groups in total. The Balaban J connectivity index is 1.47. The lowest BCUT2D eigenvalue weighted by Crippen LogP contribution is -2.45. The number of amides is 1. The monoisotopic (exact) mass is 516 g/mol. The molecule has 0 spiro atoms. The Labute approximate surface area is 221 Å². The zero-order valence-electron chi connectivity index (χ0n) is 21.6. The van der Waals surface area contributed by atoms with Gasteiger partial charge < -0.3 is 25.6 Å². The first-order valence-corrected chi connectivity index (χ1v) is 12.5. The van der Waals surface area contributed by atoms with Gasteiger partial charge in [-0.1, -0.05) is 72.8 Å². The molecule has 8 heteroatoms. The minimum atomic E-state index is -1.28. The third-order valence-corrected chi connectivity index (χ3v) is 6.41. The highest BCUT2D eigenvalue weighted by Gasteiger charge is 2.31. The maximum Gasteiger partial charge on any atom is 0.408 e. The first kappa shape index (κ1) is 26.9. The number of nitrogens with two attached hydrogens (primary N) is 1. The second-order valence-electron chi connectivity index (χ2n) is 10.3. The van der Waals surface area contributed by atoms with Gasteiger partial charge in [-0.2, -0.15) is 0 Å². The Bertz CT molecular complexity index is 1300. The van der Waals surface area contributed by atoms with Gasteiger partial charge in [-0.3, -0.25) is 0 Å². The molecule has 0 saturated carbocycles. The number of carbonyl (C=O) groups is 3. The molecule has 38 heavy (non-hydrogen) atoms. The molecule has 3 aromatic carbocycles. The van der Waals surface area contributed by atoms with Crippen LogP contribution in [0.5, 0.6) is 0 Å². The van der Waals surface area contributed by atoms with Gasteiger partial charge >= 0.3 is 18.0 Å². The Morgan fingerprint density at radius 1 is 0.921 bits per heavy atom. The molecular formula is C30H32N2O6. The lowest BCUT2D eigenvalue weighted by Gasteiger charge is -2.23. The summed E-state index contributed by atoms with van der Waals surface area (Å²) in [6, 6.07) is 20.4. The van der Waals surface area contributed by atoms with E-state index < -0.39 is 35.7 Å². The van der Waals surface area contributed by atoms with Gasteiger partial charge in [0.05, 0.1) is 0 Å². The quantitative estimate of drug-likeness (QED) is 0.374. The molecule has 1 amide bonds. The van der Waals surface area contributed by atoms with Crippen LogP contribution in [0.25, 0.3) is 11.1 Å². The number of carboxylic acids is 1. The highest BCUT2D eigenvalue weighted by atomic mass is 16.6. The van der Waals surface area contributed by atoms with Crippen molar-refractivity contribution < 1.29 is 29.0 Å². The number of alkyl carbamates (subject to hydrolysis) is 1. The third kappa shape index (κ3) is 6.03.